The minimum absolute atomic E-state index is 0.0350. The molecule has 4 rings (SSSR count). The second-order valence-corrected chi connectivity index (χ2v) is 7.89. The molecule has 148 valence electrons. The van der Waals surface area contributed by atoms with Crippen LogP contribution in [0.15, 0.2) is 84.0 Å². The van der Waals surface area contributed by atoms with Gasteiger partial charge in [-0.1, -0.05) is 36.4 Å². The SMILES string of the molecule is O=C(Nc1cccc(CSc2ccccn2)c1)N1CCN(c2ccccc2)CC1. The van der Waals surface area contributed by atoms with E-state index in [-0.39, 0.29) is 6.03 Å². The molecule has 0 saturated carbocycles. The Kier molecular flexibility index (Phi) is 6.32. The number of hydrogen-bond acceptors (Lipinski definition) is 4. The summed E-state index contributed by atoms with van der Waals surface area (Å²) in [4.78, 5) is 21.2. The molecule has 1 aliphatic rings. The maximum Gasteiger partial charge on any atom is 0.321 e. The average Bonchev–Trinajstić information content (AvgIpc) is 2.79. The highest BCUT2D eigenvalue weighted by atomic mass is 32.2. The van der Waals surface area contributed by atoms with E-state index in [0.717, 1.165) is 48.2 Å². The summed E-state index contributed by atoms with van der Waals surface area (Å²) in [5, 5.41) is 4.05. The molecule has 0 unspecified atom stereocenters. The summed E-state index contributed by atoms with van der Waals surface area (Å²) >= 11 is 1.69. The van der Waals surface area contributed by atoms with Crippen LogP contribution in [-0.2, 0) is 5.75 Å². The molecule has 2 heterocycles. The molecular formula is C23H24N4OS. The van der Waals surface area contributed by atoms with Crippen molar-refractivity contribution in [3.05, 3.63) is 84.6 Å². The lowest BCUT2D eigenvalue weighted by atomic mass is 10.2. The predicted octanol–water partition coefficient (Wildman–Crippen LogP) is 4.73. The van der Waals surface area contributed by atoms with E-state index in [0.29, 0.717) is 0 Å². The lowest BCUT2D eigenvalue weighted by Gasteiger charge is -2.36. The Morgan fingerprint density at radius 1 is 0.931 bits per heavy atom. The Labute approximate surface area is 175 Å². The smallest absolute Gasteiger partial charge is 0.321 e. The van der Waals surface area contributed by atoms with Gasteiger partial charge in [-0.05, 0) is 42.0 Å². The zero-order chi connectivity index (χ0) is 19.9. The van der Waals surface area contributed by atoms with Crippen molar-refractivity contribution in [1.29, 1.82) is 0 Å². The van der Waals surface area contributed by atoms with Gasteiger partial charge >= 0.3 is 6.03 Å². The highest BCUT2D eigenvalue weighted by Crippen LogP contribution is 2.22. The van der Waals surface area contributed by atoms with Crippen molar-refractivity contribution in [2.75, 3.05) is 36.4 Å². The van der Waals surface area contributed by atoms with Gasteiger partial charge in [0.2, 0.25) is 0 Å². The summed E-state index contributed by atoms with van der Waals surface area (Å²) in [6.07, 6.45) is 1.80. The third-order valence-electron chi connectivity index (χ3n) is 4.89. The van der Waals surface area contributed by atoms with E-state index in [1.54, 1.807) is 18.0 Å². The van der Waals surface area contributed by atoms with Crippen molar-refractivity contribution < 1.29 is 4.79 Å². The van der Waals surface area contributed by atoms with E-state index >= 15 is 0 Å². The van der Waals surface area contributed by atoms with Crippen molar-refractivity contribution in [1.82, 2.24) is 9.88 Å². The van der Waals surface area contributed by atoms with Crippen LogP contribution < -0.4 is 10.2 Å². The van der Waals surface area contributed by atoms with Gasteiger partial charge in [0.05, 0.1) is 5.03 Å². The van der Waals surface area contributed by atoms with Crippen LogP contribution in [0.4, 0.5) is 16.2 Å². The van der Waals surface area contributed by atoms with Crippen LogP contribution in [0.25, 0.3) is 0 Å². The highest BCUT2D eigenvalue weighted by Gasteiger charge is 2.21. The number of aromatic nitrogens is 1. The van der Waals surface area contributed by atoms with Gasteiger partial charge < -0.3 is 15.1 Å². The van der Waals surface area contributed by atoms with Crippen molar-refractivity contribution in [2.24, 2.45) is 0 Å². The monoisotopic (exact) mass is 404 g/mol. The number of carbonyl (C=O) groups is 1. The number of anilines is 2. The first-order valence-corrected chi connectivity index (χ1v) is 10.8. The third-order valence-corrected chi connectivity index (χ3v) is 5.91. The fraction of sp³-hybridized carbons (Fsp3) is 0.217. The van der Waals surface area contributed by atoms with Crippen LogP contribution in [0.3, 0.4) is 0 Å². The first kappa shape index (κ1) is 19.3. The Morgan fingerprint density at radius 2 is 1.72 bits per heavy atom. The predicted molar refractivity (Wildman–Crippen MR) is 119 cm³/mol. The number of nitrogens with zero attached hydrogens (tertiary/aromatic N) is 3. The number of para-hydroxylation sites is 1. The fourth-order valence-electron chi connectivity index (χ4n) is 3.34. The van der Waals surface area contributed by atoms with Crippen LogP contribution in [0.5, 0.6) is 0 Å². The molecule has 6 heteroatoms. The number of nitrogens with one attached hydrogen (secondary N) is 1. The standard InChI is InChI=1S/C23H24N4OS/c28-23(27-15-13-26(14-16-27)21-9-2-1-3-10-21)25-20-8-6-7-19(17-20)18-29-22-11-4-5-12-24-22/h1-12,17H,13-16,18H2,(H,25,28). The van der Waals surface area contributed by atoms with Gasteiger partial charge in [0.15, 0.2) is 0 Å². The second-order valence-electron chi connectivity index (χ2n) is 6.90. The maximum atomic E-state index is 12.7. The van der Waals surface area contributed by atoms with Crippen LogP contribution in [0, 0.1) is 0 Å². The molecule has 3 aromatic rings. The molecule has 1 fully saturated rings. The summed E-state index contributed by atoms with van der Waals surface area (Å²) in [6, 6.07) is 24.3. The molecule has 1 aliphatic heterocycles. The number of hydrogen-bond donors (Lipinski definition) is 1. The van der Waals surface area contributed by atoms with E-state index in [9.17, 15) is 4.79 Å². The maximum absolute atomic E-state index is 12.7. The highest BCUT2D eigenvalue weighted by molar-refractivity contribution is 7.98. The zero-order valence-electron chi connectivity index (χ0n) is 16.2. The Hall–Kier alpha value is -2.99. The molecule has 1 aromatic heterocycles. The molecule has 0 bridgehead atoms. The van der Waals surface area contributed by atoms with E-state index < -0.39 is 0 Å². The van der Waals surface area contributed by atoms with E-state index in [2.05, 4.69) is 33.4 Å². The van der Waals surface area contributed by atoms with Crippen LogP contribution >= 0.6 is 11.8 Å². The van der Waals surface area contributed by atoms with Gasteiger partial charge in [-0.2, -0.15) is 0 Å². The Morgan fingerprint density at radius 3 is 2.48 bits per heavy atom. The van der Waals surface area contributed by atoms with Gasteiger partial charge in [0.25, 0.3) is 0 Å². The molecule has 5 nitrogen and oxygen atoms in total. The number of rotatable bonds is 5. The lowest BCUT2D eigenvalue weighted by Crippen LogP contribution is -2.50. The molecule has 2 aromatic carbocycles. The zero-order valence-corrected chi connectivity index (χ0v) is 17.0. The number of carbonyl (C=O) groups excluding carboxylic acids is 1. The Bertz CT molecular complexity index is 928. The molecule has 0 radical (unpaired) electrons. The number of benzene rings is 2. The van der Waals surface area contributed by atoms with Crippen molar-refractivity contribution in [2.45, 2.75) is 10.8 Å². The minimum Gasteiger partial charge on any atom is -0.368 e. The largest absolute Gasteiger partial charge is 0.368 e. The Balaban J connectivity index is 1.29. The van der Waals surface area contributed by atoms with Crippen LogP contribution in [-0.4, -0.2) is 42.1 Å². The number of urea groups is 1. The van der Waals surface area contributed by atoms with Gasteiger partial charge in [-0.25, -0.2) is 9.78 Å². The second kappa shape index (κ2) is 9.47. The molecular weight excluding hydrogens is 380 g/mol. The summed E-state index contributed by atoms with van der Waals surface area (Å²) in [6.45, 7) is 3.13. The topological polar surface area (TPSA) is 48.5 Å². The molecule has 0 aliphatic carbocycles. The molecule has 1 saturated heterocycles. The first-order valence-electron chi connectivity index (χ1n) is 9.77. The van der Waals surface area contributed by atoms with Crippen LogP contribution in [0.1, 0.15) is 5.56 Å². The molecule has 1 N–H and O–H groups in total. The number of thioether (sulfide) groups is 1. The van der Waals surface area contributed by atoms with Gasteiger partial charge in [0, 0.05) is 49.5 Å². The summed E-state index contributed by atoms with van der Waals surface area (Å²) in [7, 11) is 0. The molecule has 2 amide bonds. The quantitative estimate of drug-likeness (QED) is 0.625. The summed E-state index contributed by atoms with van der Waals surface area (Å²) < 4.78 is 0. The minimum atomic E-state index is -0.0350. The van der Waals surface area contributed by atoms with Crippen molar-refractivity contribution >= 4 is 29.2 Å². The van der Waals surface area contributed by atoms with Crippen molar-refractivity contribution in [3.8, 4) is 0 Å². The van der Waals surface area contributed by atoms with E-state index in [1.807, 2.05) is 59.5 Å². The number of pyridine rings is 1. The first-order chi connectivity index (χ1) is 14.3. The van der Waals surface area contributed by atoms with Crippen molar-refractivity contribution in [3.63, 3.8) is 0 Å². The average molecular weight is 405 g/mol. The van der Waals surface area contributed by atoms with Gasteiger partial charge in [-0.15, -0.1) is 11.8 Å². The van der Waals surface area contributed by atoms with Crippen LogP contribution in [0.2, 0.25) is 0 Å². The molecule has 29 heavy (non-hydrogen) atoms. The normalized spacial score (nSPS) is 13.9. The van der Waals surface area contributed by atoms with Gasteiger partial charge in [0.1, 0.15) is 0 Å². The fourth-order valence-corrected chi connectivity index (χ4v) is 4.14. The van der Waals surface area contributed by atoms with E-state index in [1.165, 1.54) is 5.69 Å². The lowest BCUT2D eigenvalue weighted by molar-refractivity contribution is 0.208. The number of piperazine rings is 1. The van der Waals surface area contributed by atoms with E-state index in [4.69, 9.17) is 0 Å². The van der Waals surface area contributed by atoms with Gasteiger partial charge in [-0.3, -0.25) is 0 Å². The summed E-state index contributed by atoms with van der Waals surface area (Å²) in [5.41, 5.74) is 3.21. The number of amides is 2. The molecule has 0 spiro atoms. The third kappa shape index (κ3) is 5.29. The summed E-state index contributed by atoms with van der Waals surface area (Å²) in [5.74, 6) is 0.816. The molecule has 0 atom stereocenters.